The van der Waals surface area contributed by atoms with Gasteiger partial charge in [0.05, 0.1) is 11.8 Å². The summed E-state index contributed by atoms with van der Waals surface area (Å²) >= 11 is 1.80. The number of hydrogen-bond acceptors (Lipinski definition) is 5. The fourth-order valence-electron chi connectivity index (χ4n) is 3.07. The first kappa shape index (κ1) is 13.3. The van der Waals surface area contributed by atoms with Crippen LogP contribution in [-0.4, -0.2) is 48.2 Å². The van der Waals surface area contributed by atoms with Crippen LogP contribution in [0.4, 0.5) is 5.13 Å². The Morgan fingerprint density at radius 3 is 2.89 bits per heavy atom. The Hall–Kier alpha value is -0.650. The molecule has 19 heavy (non-hydrogen) atoms. The first-order chi connectivity index (χ1) is 9.15. The van der Waals surface area contributed by atoms with E-state index in [1.165, 1.54) is 17.7 Å². The summed E-state index contributed by atoms with van der Waals surface area (Å²) in [6.07, 6.45) is 5.23. The molecule has 0 spiro atoms. The lowest BCUT2D eigenvalue weighted by atomic mass is 10.0. The van der Waals surface area contributed by atoms with E-state index in [1.54, 1.807) is 11.3 Å². The van der Waals surface area contributed by atoms with Crippen molar-refractivity contribution in [1.82, 2.24) is 9.88 Å². The lowest BCUT2D eigenvalue weighted by molar-refractivity contribution is 0.153. The fraction of sp³-hybridized carbons (Fsp3) is 0.786. The second-order valence-electron chi connectivity index (χ2n) is 5.92. The largest absolute Gasteiger partial charge is 0.387 e. The van der Waals surface area contributed by atoms with Crippen molar-refractivity contribution in [1.29, 1.82) is 0 Å². The zero-order chi connectivity index (χ0) is 13.4. The summed E-state index contributed by atoms with van der Waals surface area (Å²) in [6, 6.07) is 0.625. The lowest BCUT2D eigenvalue weighted by Gasteiger charge is -2.35. The van der Waals surface area contributed by atoms with Gasteiger partial charge in [-0.25, -0.2) is 4.98 Å². The standard InChI is InChI=1S/C14H23N3OS/c1-16(2)10-5-4-8-17(9-10)14-15-13-11(18)6-3-7-12(13)19-14/h10-11,18H,3-9H2,1-2H3. The summed E-state index contributed by atoms with van der Waals surface area (Å²) in [6.45, 7) is 2.17. The number of aliphatic hydroxyl groups is 1. The number of anilines is 1. The van der Waals surface area contributed by atoms with E-state index in [2.05, 4.69) is 23.9 Å². The molecule has 1 aliphatic heterocycles. The summed E-state index contributed by atoms with van der Waals surface area (Å²) in [5, 5.41) is 11.2. The van der Waals surface area contributed by atoms with Crippen molar-refractivity contribution in [2.75, 3.05) is 32.1 Å². The maximum atomic E-state index is 10.0. The van der Waals surface area contributed by atoms with Gasteiger partial charge in [-0.1, -0.05) is 0 Å². The summed E-state index contributed by atoms with van der Waals surface area (Å²) in [7, 11) is 4.32. The number of aromatic nitrogens is 1. The third-order valence-electron chi connectivity index (χ3n) is 4.31. The minimum absolute atomic E-state index is 0.330. The molecule has 5 heteroatoms. The van der Waals surface area contributed by atoms with Gasteiger partial charge in [0.15, 0.2) is 5.13 Å². The van der Waals surface area contributed by atoms with Crippen molar-refractivity contribution >= 4 is 16.5 Å². The quantitative estimate of drug-likeness (QED) is 0.900. The number of rotatable bonds is 2. The summed E-state index contributed by atoms with van der Waals surface area (Å²) in [4.78, 5) is 10.8. The topological polar surface area (TPSA) is 39.6 Å². The molecule has 2 atom stereocenters. The third kappa shape index (κ3) is 2.64. The number of fused-ring (bicyclic) bond motifs is 1. The monoisotopic (exact) mass is 281 g/mol. The van der Waals surface area contributed by atoms with Crippen LogP contribution < -0.4 is 4.90 Å². The van der Waals surface area contributed by atoms with Gasteiger partial charge in [-0.05, 0) is 46.2 Å². The van der Waals surface area contributed by atoms with Crippen molar-refractivity contribution in [2.24, 2.45) is 0 Å². The van der Waals surface area contributed by atoms with Gasteiger partial charge >= 0.3 is 0 Å². The van der Waals surface area contributed by atoms with E-state index >= 15 is 0 Å². The number of piperidine rings is 1. The molecule has 1 aliphatic carbocycles. The molecule has 0 bridgehead atoms. The maximum absolute atomic E-state index is 10.0. The van der Waals surface area contributed by atoms with Crippen LogP contribution in [0.25, 0.3) is 0 Å². The molecule has 2 heterocycles. The molecule has 2 unspecified atom stereocenters. The highest BCUT2D eigenvalue weighted by molar-refractivity contribution is 7.15. The van der Waals surface area contributed by atoms with Crippen LogP contribution in [0.2, 0.25) is 0 Å². The zero-order valence-corrected chi connectivity index (χ0v) is 12.6. The predicted octanol–water partition coefficient (Wildman–Crippen LogP) is 2.04. The first-order valence-corrected chi connectivity index (χ1v) is 8.06. The van der Waals surface area contributed by atoms with E-state index in [-0.39, 0.29) is 6.10 Å². The minimum atomic E-state index is -0.330. The molecule has 1 aromatic heterocycles. The zero-order valence-electron chi connectivity index (χ0n) is 11.8. The molecule has 2 aliphatic rings. The van der Waals surface area contributed by atoms with E-state index in [0.717, 1.165) is 43.2 Å². The molecule has 0 aromatic carbocycles. The van der Waals surface area contributed by atoms with Crippen molar-refractivity contribution in [2.45, 2.75) is 44.2 Å². The van der Waals surface area contributed by atoms with Crippen molar-refractivity contribution in [3.63, 3.8) is 0 Å². The van der Waals surface area contributed by atoms with E-state index in [9.17, 15) is 5.11 Å². The molecule has 1 saturated heterocycles. The number of aliphatic hydroxyl groups excluding tert-OH is 1. The molecule has 0 saturated carbocycles. The Morgan fingerprint density at radius 2 is 2.16 bits per heavy atom. The number of likely N-dealkylation sites (N-methyl/N-ethyl adjacent to an activating group) is 1. The Bertz CT molecular complexity index is 446. The molecule has 4 nitrogen and oxygen atoms in total. The van der Waals surface area contributed by atoms with Crippen LogP contribution in [0.3, 0.4) is 0 Å². The second-order valence-corrected chi connectivity index (χ2v) is 6.98. The van der Waals surface area contributed by atoms with E-state index in [4.69, 9.17) is 4.98 Å². The summed E-state index contributed by atoms with van der Waals surface area (Å²) in [5.74, 6) is 0. The van der Waals surface area contributed by atoms with Crippen LogP contribution in [-0.2, 0) is 6.42 Å². The van der Waals surface area contributed by atoms with Gasteiger partial charge in [0, 0.05) is 24.0 Å². The average molecular weight is 281 g/mol. The Kier molecular flexibility index (Phi) is 3.78. The number of aryl methyl sites for hydroxylation is 1. The summed E-state index contributed by atoms with van der Waals surface area (Å²) in [5.41, 5.74) is 0.957. The molecule has 1 aromatic rings. The average Bonchev–Trinajstić information content (AvgIpc) is 2.84. The Balaban J connectivity index is 1.78. The van der Waals surface area contributed by atoms with Crippen molar-refractivity contribution in [3.8, 4) is 0 Å². The van der Waals surface area contributed by atoms with Gasteiger partial charge in [0.1, 0.15) is 0 Å². The molecule has 1 N–H and O–H groups in total. The van der Waals surface area contributed by atoms with E-state index in [1.807, 2.05) is 0 Å². The van der Waals surface area contributed by atoms with Crippen LogP contribution in [0.5, 0.6) is 0 Å². The van der Waals surface area contributed by atoms with Crippen LogP contribution >= 0.6 is 11.3 Å². The second kappa shape index (κ2) is 5.38. The third-order valence-corrected chi connectivity index (χ3v) is 5.50. The van der Waals surface area contributed by atoms with Gasteiger partial charge in [-0.15, -0.1) is 11.3 Å². The maximum Gasteiger partial charge on any atom is 0.185 e. The van der Waals surface area contributed by atoms with Gasteiger partial charge in [-0.3, -0.25) is 0 Å². The molecule has 1 fully saturated rings. The van der Waals surface area contributed by atoms with Crippen molar-refractivity contribution in [3.05, 3.63) is 10.6 Å². The van der Waals surface area contributed by atoms with Crippen LogP contribution in [0.1, 0.15) is 42.4 Å². The molecular weight excluding hydrogens is 258 g/mol. The van der Waals surface area contributed by atoms with E-state index < -0.39 is 0 Å². The van der Waals surface area contributed by atoms with Gasteiger partial charge in [0.2, 0.25) is 0 Å². The highest BCUT2D eigenvalue weighted by Gasteiger charge is 2.27. The predicted molar refractivity (Wildman–Crippen MR) is 78.9 cm³/mol. The minimum Gasteiger partial charge on any atom is -0.387 e. The van der Waals surface area contributed by atoms with Crippen LogP contribution in [0.15, 0.2) is 0 Å². The first-order valence-electron chi connectivity index (χ1n) is 7.24. The van der Waals surface area contributed by atoms with Gasteiger partial charge in [0.25, 0.3) is 0 Å². The highest BCUT2D eigenvalue weighted by Crippen LogP contribution is 2.37. The number of thiazole rings is 1. The number of nitrogens with zero attached hydrogens (tertiary/aromatic N) is 3. The Labute approximate surface area is 119 Å². The van der Waals surface area contributed by atoms with Gasteiger partial charge < -0.3 is 14.9 Å². The van der Waals surface area contributed by atoms with Crippen molar-refractivity contribution < 1.29 is 5.11 Å². The Morgan fingerprint density at radius 1 is 1.32 bits per heavy atom. The molecular formula is C14H23N3OS. The normalized spacial score (nSPS) is 27.7. The molecule has 0 radical (unpaired) electrons. The fourth-order valence-corrected chi connectivity index (χ4v) is 4.26. The highest BCUT2D eigenvalue weighted by atomic mass is 32.1. The number of hydrogen-bond donors (Lipinski definition) is 1. The summed E-state index contributed by atoms with van der Waals surface area (Å²) < 4.78 is 0. The van der Waals surface area contributed by atoms with E-state index in [0.29, 0.717) is 6.04 Å². The smallest absolute Gasteiger partial charge is 0.185 e. The SMILES string of the molecule is CN(C)C1CCCN(c2nc3c(s2)CCCC3O)C1. The van der Waals surface area contributed by atoms with Gasteiger partial charge in [-0.2, -0.15) is 0 Å². The molecule has 106 valence electrons. The lowest BCUT2D eigenvalue weighted by Crippen LogP contribution is -2.45. The molecule has 3 rings (SSSR count). The van der Waals surface area contributed by atoms with Crippen LogP contribution in [0, 0.1) is 0 Å². The molecule has 0 amide bonds.